The number of amides is 1. The average molecular weight is 520 g/mol. The first-order valence-corrected chi connectivity index (χ1v) is 12.1. The van der Waals surface area contributed by atoms with E-state index in [-0.39, 0.29) is 5.91 Å². The van der Waals surface area contributed by atoms with Crippen molar-refractivity contribution in [2.75, 3.05) is 58.5 Å². The fourth-order valence-electron chi connectivity index (χ4n) is 3.73. The molecule has 170 valence electrons. The van der Waals surface area contributed by atoms with E-state index in [0.29, 0.717) is 34.3 Å². The van der Waals surface area contributed by atoms with Crippen molar-refractivity contribution in [2.45, 2.75) is 6.42 Å². The second kappa shape index (κ2) is 10.6. The van der Waals surface area contributed by atoms with E-state index in [0.717, 1.165) is 48.4 Å². The summed E-state index contributed by atoms with van der Waals surface area (Å²) >= 11 is 4.91. The number of hydrogen-bond acceptors (Lipinski definition) is 7. The molecule has 1 amide bonds. The molecule has 32 heavy (non-hydrogen) atoms. The van der Waals surface area contributed by atoms with E-state index in [9.17, 15) is 4.79 Å². The molecular weight excluding hydrogens is 494 g/mol. The fraction of sp³-hybridized carbons (Fsp3) is 0.391. The van der Waals surface area contributed by atoms with Gasteiger partial charge in [-0.3, -0.25) is 14.6 Å². The highest BCUT2D eigenvalue weighted by Gasteiger charge is 2.24. The maximum atomic E-state index is 13.5. The number of methoxy groups -OCH3 is 2. The Morgan fingerprint density at radius 2 is 1.94 bits per heavy atom. The predicted octanol–water partition coefficient (Wildman–Crippen LogP) is 4.45. The Labute approximate surface area is 200 Å². The molecule has 1 fully saturated rings. The first-order chi connectivity index (χ1) is 15.6. The number of fused-ring (bicyclic) bond motifs is 1. The van der Waals surface area contributed by atoms with Crippen LogP contribution in [0.25, 0.3) is 10.2 Å². The smallest absolute Gasteiger partial charge is 0.260 e. The number of anilines is 1. The highest BCUT2D eigenvalue weighted by atomic mass is 79.9. The van der Waals surface area contributed by atoms with E-state index in [4.69, 9.17) is 19.2 Å². The van der Waals surface area contributed by atoms with E-state index >= 15 is 0 Å². The van der Waals surface area contributed by atoms with Crippen LogP contribution in [0.2, 0.25) is 0 Å². The lowest BCUT2D eigenvalue weighted by Gasteiger charge is -2.27. The van der Waals surface area contributed by atoms with Crippen molar-refractivity contribution in [1.29, 1.82) is 0 Å². The maximum Gasteiger partial charge on any atom is 0.260 e. The minimum absolute atomic E-state index is 0.0785. The summed E-state index contributed by atoms with van der Waals surface area (Å²) in [6, 6.07) is 11.1. The zero-order chi connectivity index (χ0) is 22.5. The van der Waals surface area contributed by atoms with Gasteiger partial charge in [-0.05, 0) is 36.8 Å². The topological polar surface area (TPSA) is 64.1 Å². The van der Waals surface area contributed by atoms with Gasteiger partial charge in [0.15, 0.2) is 5.13 Å². The Morgan fingerprint density at radius 1 is 1.19 bits per heavy atom. The number of aromatic nitrogens is 1. The number of thiazole rings is 1. The van der Waals surface area contributed by atoms with E-state index in [1.807, 2.05) is 36.4 Å². The number of morpholine rings is 1. The standard InChI is InChI=1S/C23H26BrN3O4S/c1-29-18-7-8-19(30-2)21-20(18)25-23(32-21)27(10-4-9-26-11-13-31-14-12-26)22(28)16-5-3-6-17(24)15-16/h3,5-8,15H,4,9-14H2,1-2H3. The van der Waals surface area contributed by atoms with Gasteiger partial charge < -0.3 is 14.2 Å². The first-order valence-electron chi connectivity index (χ1n) is 10.5. The third-order valence-electron chi connectivity index (χ3n) is 5.41. The van der Waals surface area contributed by atoms with Crippen LogP contribution in [0.3, 0.4) is 0 Å². The molecule has 0 unspecified atom stereocenters. The molecule has 3 aromatic rings. The Hall–Kier alpha value is -2.20. The Balaban J connectivity index is 1.65. The molecule has 7 nitrogen and oxygen atoms in total. The number of benzene rings is 2. The van der Waals surface area contributed by atoms with Crippen LogP contribution in [-0.2, 0) is 4.74 Å². The molecule has 0 N–H and O–H groups in total. The third kappa shape index (κ3) is 5.06. The van der Waals surface area contributed by atoms with Gasteiger partial charge in [-0.1, -0.05) is 33.3 Å². The van der Waals surface area contributed by atoms with Gasteiger partial charge in [0.2, 0.25) is 0 Å². The number of halogens is 1. The number of hydrogen-bond donors (Lipinski definition) is 0. The zero-order valence-corrected chi connectivity index (χ0v) is 20.6. The lowest BCUT2D eigenvalue weighted by molar-refractivity contribution is 0.0376. The van der Waals surface area contributed by atoms with Crippen LogP contribution in [0.1, 0.15) is 16.8 Å². The summed E-state index contributed by atoms with van der Waals surface area (Å²) in [5, 5.41) is 0.634. The third-order valence-corrected chi connectivity index (χ3v) is 6.99. The molecule has 0 atom stereocenters. The summed E-state index contributed by atoms with van der Waals surface area (Å²) < 4.78 is 18.2. The van der Waals surface area contributed by atoms with Gasteiger partial charge in [0.05, 0.1) is 27.4 Å². The molecule has 1 saturated heterocycles. The Kier molecular flexibility index (Phi) is 7.62. The molecular formula is C23H26BrN3O4S. The number of nitrogens with zero attached hydrogens (tertiary/aromatic N) is 3. The molecule has 1 aliphatic rings. The lowest BCUT2D eigenvalue weighted by Crippen LogP contribution is -2.39. The molecule has 4 rings (SSSR count). The van der Waals surface area contributed by atoms with Gasteiger partial charge in [0, 0.05) is 36.2 Å². The molecule has 1 aromatic heterocycles. The molecule has 0 spiro atoms. The van der Waals surface area contributed by atoms with Gasteiger partial charge in [-0.25, -0.2) is 4.98 Å². The molecule has 0 aliphatic carbocycles. The molecule has 2 aromatic carbocycles. The number of carbonyl (C=O) groups is 1. The van der Waals surface area contributed by atoms with Gasteiger partial charge in [0.1, 0.15) is 21.7 Å². The number of rotatable bonds is 8. The van der Waals surface area contributed by atoms with E-state index < -0.39 is 0 Å². The quantitative estimate of drug-likeness (QED) is 0.438. The van der Waals surface area contributed by atoms with Gasteiger partial charge >= 0.3 is 0 Å². The molecule has 0 bridgehead atoms. The highest BCUT2D eigenvalue weighted by Crippen LogP contribution is 2.40. The van der Waals surface area contributed by atoms with E-state index in [2.05, 4.69) is 20.8 Å². The largest absolute Gasteiger partial charge is 0.495 e. The Bertz CT molecular complexity index is 1040. The van der Waals surface area contributed by atoms with Crippen molar-refractivity contribution in [2.24, 2.45) is 0 Å². The summed E-state index contributed by atoms with van der Waals surface area (Å²) in [7, 11) is 3.25. The minimum atomic E-state index is -0.0785. The van der Waals surface area contributed by atoms with Crippen LogP contribution in [0.15, 0.2) is 40.9 Å². The van der Waals surface area contributed by atoms with Crippen LogP contribution in [-0.4, -0.2) is 69.4 Å². The van der Waals surface area contributed by atoms with Crippen molar-refractivity contribution >= 4 is 48.5 Å². The van der Waals surface area contributed by atoms with E-state index in [1.54, 1.807) is 19.1 Å². The van der Waals surface area contributed by atoms with Crippen molar-refractivity contribution in [3.63, 3.8) is 0 Å². The SMILES string of the molecule is COc1ccc(OC)c2sc(N(CCCN3CCOCC3)C(=O)c3cccc(Br)c3)nc12. The summed E-state index contributed by atoms with van der Waals surface area (Å²) in [5.41, 5.74) is 1.32. The second-order valence-corrected chi connectivity index (χ2v) is 9.31. The Morgan fingerprint density at radius 3 is 2.66 bits per heavy atom. The van der Waals surface area contributed by atoms with Crippen LogP contribution in [0, 0.1) is 0 Å². The van der Waals surface area contributed by atoms with Crippen LogP contribution in [0.4, 0.5) is 5.13 Å². The summed E-state index contributed by atoms with van der Waals surface area (Å²) in [6.45, 7) is 4.84. The van der Waals surface area contributed by atoms with Gasteiger partial charge in [0.25, 0.3) is 5.91 Å². The predicted molar refractivity (Wildman–Crippen MR) is 130 cm³/mol. The fourth-order valence-corrected chi connectivity index (χ4v) is 5.23. The average Bonchev–Trinajstić information content (AvgIpc) is 3.26. The monoisotopic (exact) mass is 519 g/mol. The zero-order valence-electron chi connectivity index (χ0n) is 18.2. The number of ether oxygens (including phenoxy) is 3. The molecule has 1 aliphatic heterocycles. The van der Waals surface area contributed by atoms with E-state index in [1.165, 1.54) is 11.3 Å². The normalized spacial score (nSPS) is 14.5. The van der Waals surface area contributed by atoms with Crippen molar-refractivity contribution in [1.82, 2.24) is 9.88 Å². The van der Waals surface area contributed by atoms with Crippen molar-refractivity contribution < 1.29 is 19.0 Å². The number of carbonyl (C=O) groups excluding carboxylic acids is 1. The first kappa shape index (κ1) is 23.0. The molecule has 2 heterocycles. The van der Waals surface area contributed by atoms with Crippen LogP contribution >= 0.6 is 27.3 Å². The lowest BCUT2D eigenvalue weighted by atomic mass is 10.2. The minimum Gasteiger partial charge on any atom is -0.495 e. The second-order valence-electron chi connectivity index (χ2n) is 7.42. The molecule has 9 heteroatoms. The molecule has 0 radical (unpaired) electrons. The van der Waals surface area contributed by atoms with Crippen LogP contribution in [0.5, 0.6) is 11.5 Å². The van der Waals surface area contributed by atoms with Crippen molar-refractivity contribution in [3.05, 3.63) is 46.4 Å². The maximum absolute atomic E-state index is 13.5. The van der Waals surface area contributed by atoms with Gasteiger partial charge in [-0.15, -0.1) is 0 Å². The van der Waals surface area contributed by atoms with Gasteiger partial charge in [-0.2, -0.15) is 0 Å². The molecule has 0 saturated carbocycles. The summed E-state index contributed by atoms with van der Waals surface area (Å²) in [4.78, 5) is 22.5. The van der Waals surface area contributed by atoms with Crippen LogP contribution < -0.4 is 14.4 Å². The van der Waals surface area contributed by atoms with Crippen molar-refractivity contribution in [3.8, 4) is 11.5 Å². The summed E-state index contributed by atoms with van der Waals surface area (Å²) in [5.74, 6) is 1.30. The highest BCUT2D eigenvalue weighted by molar-refractivity contribution is 9.10. The summed E-state index contributed by atoms with van der Waals surface area (Å²) in [6.07, 6.45) is 0.837.